The molecule has 168 valence electrons. The van der Waals surface area contributed by atoms with Gasteiger partial charge in [-0.2, -0.15) is 0 Å². The van der Waals surface area contributed by atoms with Crippen molar-refractivity contribution in [3.8, 4) is 17.2 Å². The van der Waals surface area contributed by atoms with E-state index in [0.717, 1.165) is 17.5 Å². The topological polar surface area (TPSA) is 110 Å². The molecule has 0 aliphatic carbocycles. The van der Waals surface area contributed by atoms with E-state index in [2.05, 4.69) is 0 Å². The number of ketones is 1. The molecule has 9 heteroatoms. The van der Waals surface area contributed by atoms with Crippen LogP contribution in [0.25, 0.3) is 11.8 Å². The number of benzene rings is 2. The molecule has 0 atom stereocenters. The molecule has 0 saturated carbocycles. The lowest BCUT2D eigenvalue weighted by Crippen LogP contribution is -2.13. The van der Waals surface area contributed by atoms with E-state index in [0.29, 0.717) is 22.8 Å². The van der Waals surface area contributed by atoms with E-state index in [9.17, 15) is 19.7 Å². The smallest absolute Gasteiger partial charge is 0.331 e. The van der Waals surface area contributed by atoms with E-state index in [1.54, 1.807) is 19.1 Å². The standard InChI is InChI=1S/C24H20N2O7/c1-15-11-19(16(2)25(15)18-8-9-22-23(12-18)33-14-32-22)21(27)13-31-24(28)10-7-17-5-3-4-6-20(17)26(29)30/h3-12H,13-14H2,1-2H3. The summed E-state index contributed by atoms with van der Waals surface area (Å²) < 4.78 is 17.7. The minimum Gasteiger partial charge on any atom is -0.454 e. The average Bonchev–Trinajstić information content (AvgIpc) is 3.39. The molecule has 3 aromatic rings. The molecule has 33 heavy (non-hydrogen) atoms. The highest BCUT2D eigenvalue weighted by Gasteiger charge is 2.20. The van der Waals surface area contributed by atoms with E-state index >= 15 is 0 Å². The third kappa shape index (κ3) is 4.47. The van der Waals surface area contributed by atoms with Crippen LogP contribution in [0.4, 0.5) is 5.69 Å². The fourth-order valence-electron chi connectivity index (χ4n) is 3.68. The van der Waals surface area contributed by atoms with Crippen molar-refractivity contribution in [2.75, 3.05) is 13.4 Å². The van der Waals surface area contributed by atoms with Gasteiger partial charge in [-0.3, -0.25) is 14.9 Å². The maximum atomic E-state index is 12.7. The summed E-state index contributed by atoms with van der Waals surface area (Å²) in [5, 5.41) is 11.1. The fourth-order valence-corrected chi connectivity index (χ4v) is 3.68. The van der Waals surface area contributed by atoms with Crippen LogP contribution in [-0.2, 0) is 9.53 Å². The summed E-state index contributed by atoms with van der Waals surface area (Å²) in [6.45, 7) is 3.39. The first-order chi connectivity index (χ1) is 15.8. The van der Waals surface area contributed by atoms with Crippen LogP contribution < -0.4 is 9.47 Å². The third-order valence-electron chi connectivity index (χ3n) is 5.22. The molecular formula is C24H20N2O7. The lowest BCUT2D eigenvalue weighted by atomic mass is 10.1. The van der Waals surface area contributed by atoms with Crippen LogP contribution in [-0.4, -0.2) is 34.6 Å². The van der Waals surface area contributed by atoms with Gasteiger partial charge in [0, 0.05) is 40.8 Å². The number of aromatic nitrogens is 1. The molecule has 2 aromatic carbocycles. The molecule has 1 aromatic heterocycles. The molecule has 0 amide bonds. The molecule has 9 nitrogen and oxygen atoms in total. The van der Waals surface area contributed by atoms with Gasteiger partial charge in [0.15, 0.2) is 18.1 Å². The van der Waals surface area contributed by atoms with Crippen LogP contribution in [0, 0.1) is 24.0 Å². The molecule has 0 saturated heterocycles. The summed E-state index contributed by atoms with van der Waals surface area (Å²) in [6.07, 6.45) is 2.35. The number of esters is 1. The zero-order chi connectivity index (χ0) is 23.5. The molecule has 0 N–H and O–H groups in total. The van der Waals surface area contributed by atoms with Crippen molar-refractivity contribution >= 4 is 23.5 Å². The quantitative estimate of drug-likeness (QED) is 0.175. The molecular weight excluding hydrogens is 428 g/mol. The van der Waals surface area contributed by atoms with Gasteiger partial charge in [0.05, 0.1) is 10.5 Å². The Hall–Kier alpha value is -4.40. The van der Waals surface area contributed by atoms with Crippen molar-refractivity contribution in [3.63, 3.8) is 0 Å². The number of carbonyl (C=O) groups excluding carboxylic acids is 2. The largest absolute Gasteiger partial charge is 0.454 e. The Bertz CT molecular complexity index is 1290. The molecule has 1 aliphatic rings. The second-order valence-electron chi connectivity index (χ2n) is 7.34. The van der Waals surface area contributed by atoms with Crippen LogP contribution in [0.3, 0.4) is 0 Å². The number of nitrogens with zero attached hydrogens (tertiary/aromatic N) is 2. The first-order valence-corrected chi connectivity index (χ1v) is 10.1. The predicted octanol–water partition coefficient (Wildman–Crippen LogP) is 4.17. The van der Waals surface area contributed by atoms with Crippen LogP contribution in [0.5, 0.6) is 11.5 Å². The number of rotatable bonds is 7. The van der Waals surface area contributed by atoms with Crippen molar-refractivity contribution in [1.29, 1.82) is 0 Å². The van der Waals surface area contributed by atoms with E-state index in [1.165, 1.54) is 24.3 Å². The number of nitro benzene ring substituents is 1. The van der Waals surface area contributed by atoms with Gasteiger partial charge < -0.3 is 18.8 Å². The van der Waals surface area contributed by atoms with E-state index in [-0.39, 0.29) is 23.8 Å². The Morgan fingerprint density at radius 2 is 1.88 bits per heavy atom. The molecule has 0 fully saturated rings. The minimum atomic E-state index is -0.772. The Morgan fingerprint density at radius 1 is 1.12 bits per heavy atom. The van der Waals surface area contributed by atoms with Crippen LogP contribution >= 0.6 is 0 Å². The molecule has 2 heterocycles. The molecule has 0 spiro atoms. The number of carbonyl (C=O) groups is 2. The monoisotopic (exact) mass is 448 g/mol. The minimum absolute atomic E-state index is 0.131. The van der Waals surface area contributed by atoms with Gasteiger partial charge in [-0.05, 0) is 44.2 Å². The Kier molecular flexibility index (Phi) is 5.95. The molecule has 4 rings (SSSR count). The van der Waals surface area contributed by atoms with Gasteiger partial charge in [-0.25, -0.2) is 4.79 Å². The summed E-state index contributed by atoms with van der Waals surface area (Å²) in [5.41, 5.74) is 2.91. The average molecular weight is 448 g/mol. The maximum Gasteiger partial charge on any atom is 0.331 e. The Labute approximate surface area is 189 Å². The van der Waals surface area contributed by atoms with Crippen molar-refractivity contribution in [3.05, 3.63) is 87.2 Å². The Morgan fingerprint density at radius 3 is 2.67 bits per heavy atom. The predicted molar refractivity (Wildman–Crippen MR) is 119 cm³/mol. The first kappa shape index (κ1) is 21.8. The van der Waals surface area contributed by atoms with Gasteiger partial charge >= 0.3 is 5.97 Å². The molecule has 0 unspecified atom stereocenters. The summed E-state index contributed by atoms with van der Waals surface area (Å²) >= 11 is 0. The zero-order valence-electron chi connectivity index (χ0n) is 17.9. The lowest BCUT2D eigenvalue weighted by molar-refractivity contribution is -0.385. The molecule has 0 bridgehead atoms. The van der Waals surface area contributed by atoms with Crippen molar-refractivity contribution in [2.24, 2.45) is 0 Å². The van der Waals surface area contributed by atoms with Gasteiger partial charge in [-0.15, -0.1) is 0 Å². The number of hydrogen-bond acceptors (Lipinski definition) is 7. The van der Waals surface area contributed by atoms with Crippen molar-refractivity contribution in [1.82, 2.24) is 4.57 Å². The van der Waals surface area contributed by atoms with Crippen LogP contribution in [0.1, 0.15) is 27.3 Å². The summed E-state index contributed by atoms with van der Waals surface area (Å²) in [4.78, 5) is 35.3. The second kappa shape index (κ2) is 8.99. The number of hydrogen-bond donors (Lipinski definition) is 0. The number of para-hydroxylation sites is 1. The highest BCUT2D eigenvalue weighted by Crippen LogP contribution is 2.35. The fraction of sp³-hybridized carbons (Fsp3) is 0.167. The van der Waals surface area contributed by atoms with Crippen LogP contribution in [0.15, 0.2) is 54.6 Å². The second-order valence-corrected chi connectivity index (χ2v) is 7.34. The van der Waals surface area contributed by atoms with Gasteiger partial charge in [-0.1, -0.05) is 12.1 Å². The van der Waals surface area contributed by atoms with E-state index < -0.39 is 17.5 Å². The summed E-state index contributed by atoms with van der Waals surface area (Å²) in [6, 6.07) is 13.3. The lowest BCUT2D eigenvalue weighted by Gasteiger charge is -2.10. The highest BCUT2D eigenvalue weighted by molar-refractivity contribution is 6.00. The molecule has 0 radical (unpaired) electrons. The van der Waals surface area contributed by atoms with E-state index in [1.807, 2.05) is 29.7 Å². The third-order valence-corrected chi connectivity index (χ3v) is 5.22. The zero-order valence-corrected chi connectivity index (χ0v) is 17.9. The van der Waals surface area contributed by atoms with E-state index in [4.69, 9.17) is 14.2 Å². The summed E-state index contributed by atoms with van der Waals surface area (Å²) in [7, 11) is 0. The van der Waals surface area contributed by atoms with Crippen LogP contribution in [0.2, 0.25) is 0 Å². The number of fused-ring (bicyclic) bond motifs is 1. The normalized spacial score (nSPS) is 12.2. The number of nitro groups is 1. The number of aryl methyl sites for hydroxylation is 1. The Balaban J connectivity index is 1.45. The van der Waals surface area contributed by atoms with Gasteiger partial charge in [0.1, 0.15) is 0 Å². The maximum absolute atomic E-state index is 12.7. The number of ether oxygens (including phenoxy) is 3. The summed E-state index contributed by atoms with van der Waals surface area (Å²) in [5.74, 6) is 0.166. The van der Waals surface area contributed by atoms with Gasteiger partial charge in [0.25, 0.3) is 5.69 Å². The SMILES string of the molecule is Cc1cc(C(=O)COC(=O)C=Cc2ccccc2[N+](=O)[O-])c(C)n1-c1ccc2c(c1)OCO2. The van der Waals surface area contributed by atoms with Crippen molar-refractivity contribution in [2.45, 2.75) is 13.8 Å². The first-order valence-electron chi connectivity index (χ1n) is 10.1. The highest BCUT2D eigenvalue weighted by atomic mass is 16.7. The number of Topliss-reactive ketones (excluding diaryl/α,β-unsaturated/α-hetero) is 1. The molecule has 1 aliphatic heterocycles. The van der Waals surface area contributed by atoms with Crippen molar-refractivity contribution < 1.29 is 28.7 Å². The van der Waals surface area contributed by atoms with Gasteiger partial charge in [0.2, 0.25) is 12.6 Å².